The zero-order valence-corrected chi connectivity index (χ0v) is 16.1. The summed E-state index contributed by atoms with van der Waals surface area (Å²) in [6.45, 7) is -0.442. The monoisotopic (exact) mass is 452 g/mol. The Kier molecular flexibility index (Phi) is 6.38. The number of nitro groups is 1. The van der Waals surface area contributed by atoms with Crippen LogP contribution in [0.3, 0.4) is 0 Å². The number of hydrogen-bond acceptors (Lipinski definition) is 6. The summed E-state index contributed by atoms with van der Waals surface area (Å²) in [6.07, 6.45) is -4.72. The van der Waals surface area contributed by atoms with Crippen LogP contribution in [-0.4, -0.2) is 32.0 Å². The zero-order chi connectivity index (χ0) is 22.0. The van der Waals surface area contributed by atoms with Crippen LogP contribution in [0.1, 0.15) is 15.9 Å². The molecule has 0 saturated carbocycles. The summed E-state index contributed by atoms with van der Waals surface area (Å²) in [4.78, 5) is 21.8. The van der Waals surface area contributed by atoms with Crippen molar-refractivity contribution in [3.8, 4) is 5.75 Å². The van der Waals surface area contributed by atoms with Gasteiger partial charge in [0.25, 0.3) is 21.6 Å². The molecule has 8 nitrogen and oxygen atoms in total. The van der Waals surface area contributed by atoms with Gasteiger partial charge >= 0.3 is 6.18 Å². The fourth-order valence-electron chi connectivity index (χ4n) is 2.34. The van der Waals surface area contributed by atoms with Gasteiger partial charge in [-0.3, -0.25) is 14.9 Å². The molecule has 2 rings (SSSR count). The number of rotatable bonds is 6. The van der Waals surface area contributed by atoms with Crippen LogP contribution in [0.5, 0.6) is 5.75 Å². The molecule has 13 heteroatoms. The lowest BCUT2D eigenvalue weighted by Gasteiger charge is -2.16. The number of aryl methyl sites for hydroxylation is 1. The van der Waals surface area contributed by atoms with E-state index in [0.29, 0.717) is 0 Å². The minimum atomic E-state index is -4.72. The predicted molar refractivity (Wildman–Crippen MR) is 95.5 cm³/mol. The number of hydrogen-bond donors (Lipinski definition) is 1. The van der Waals surface area contributed by atoms with Crippen molar-refractivity contribution in [2.45, 2.75) is 18.0 Å². The van der Waals surface area contributed by atoms with Gasteiger partial charge < -0.3 is 4.74 Å². The predicted octanol–water partition coefficient (Wildman–Crippen LogP) is 3.62. The maximum absolute atomic E-state index is 12.5. The molecule has 0 atom stereocenters. The Bertz CT molecular complexity index is 1070. The second-order valence-corrected chi connectivity index (χ2v) is 7.75. The fraction of sp³-hybridized carbons (Fsp3) is 0.188. The van der Waals surface area contributed by atoms with E-state index in [1.165, 1.54) is 25.1 Å². The molecule has 156 valence electrons. The number of benzene rings is 2. The van der Waals surface area contributed by atoms with Crippen molar-refractivity contribution in [3.63, 3.8) is 0 Å². The summed E-state index contributed by atoms with van der Waals surface area (Å²) in [7, 11) is -4.72. The molecule has 0 heterocycles. The third-order valence-electron chi connectivity index (χ3n) is 3.46. The number of nitrogens with one attached hydrogen (secondary N) is 1. The molecule has 29 heavy (non-hydrogen) atoms. The minimum absolute atomic E-state index is 0.0323. The molecular weight excluding hydrogens is 441 g/mol. The molecule has 1 N–H and O–H groups in total. The summed E-state index contributed by atoms with van der Waals surface area (Å²) in [6, 6.07) is 6.40. The van der Waals surface area contributed by atoms with Crippen LogP contribution in [0, 0.1) is 17.0 Å². The summed E-state index contributed by atoms with van der Waals surface area (Å²) in [5.41, 5.74) is -1.26. The van der Waals surface area contributed by atoms with E-state index in [4.69, 9.17) is 11.6 Å². The van der Waals surface area contributed by atoms with Crippen molar-refractivity contribution in [1.29, 1.82) is 0 Å². The van der Waals surface area contributed by atoms with Gasteiger partial charge in [-0.25, -0.2) is 13.1 Å². The van der Waals surface area contributed by atoms with Crippen molar-refractivity contribution in [3.05, 3.63) is 62.7 Å². The lowest BCUT2D eigenvalue weighted by molar-refractivity contribution is -0.387. The zero-order valence-electron chi connectivity index (χ0n) is 14.5. The van der Waals surface area contributed by atoms with Gasteiger partial charge in [0.1, 0.15) is 5.75 Å². The lowest BCUT2D eigenvalue weighted by Crippen LogP contribution is -2.32. The number of amides is 1. The molecule has 0 aliphatic heterocycles. The first-order valence-corrected chi connectivity index (χ1v) is 9.48. The first-order valence-electron chi connectivity index (χ1n) is 7.62. The van der Waals surface area contributed by atoms with E-state index >= 15 is 0 Å². The maximum Gasteiger partial charge on any atom is 0.422 e. The van der Waals surface area contributed by atoms with E-state index < -0.39 is 55.5 Å². The Labute approximate surface area is 167 Å². The van der Waals surface area contributed by atoms with Crippen molar-refractivity contribution in [2.24, 2.45) is 0 Å². The van der Waals surface area contributed by atoms with Crippen LogP contribution in [0.2, 0.25) is 5.02 Å². The Morgan fingerprint density at radius 1 is 1.28 bits per heavy atom. The molecular formula is C16H12ClF3N2O6S. The smallest absolute Gasteiger partial charge is 0.422 e. The highest BCUT2D eigenvalue weighted by Gasteiger charge is 2.32. The number of sulfonamides is 1. The second kappa shape index (κ2) is 8.25. The number of carbonyl (C=O) groups is 1. The van der Waals surface area contributed by atoms with E-state index in [1.54, 1.807) is 4.72 Å². The van der Waals surface area contributed by atoms with Crippen molar-refractivity contribution >= 4 is 33.2 Å². The first-order chi connectivity index (χ1) is 13.3. The number of ether oxygens (including phenoxy) is 1. The molecule has 2 aromatic rings. The highest BCUT2D eigenvalue weighted by molar-refractivity contribution is 7.90. The molecule has 0 radical (unpaired) electrons. The van der Waals surface area contributed by atoms with E-state index in [9.17, 15) is 36.5 Å². The molecule has 0 aromatic heterocycles. The second-order valence-electron chi connectivity index (χ2n) is 5.66. The number of nitro benzene ring substituents is 1. The van der Waals surface area contributed by atoms with Gasteiger partial charge in [0.15, 0.2) is 11.5 Å². The normalized spacial score (nSPS) is 11.8. The van der Waals surface area contributed by atoms with Crippen LogP contribution in [0.15, 0.2) is 41.3 Å². The summed E-state index contributed by atoms with van der Waals surface area (Å²) in [5, 5.41) is 11.0. The molecule has 1 amide bonds. The number of halogens is 4. The van der Waals surface area contributed by atoms with Gasteiger partial charge in [-0.05, 0) is 30.7 Å². The van der Waals surface area contributed by atoms with Crippen LogP contribution >= 0.6 is 11.6 Å². The van der Waals surface area contributed by atoms with Crippen LogP contribution < -0.4 is 9.46 Å². The highest BCUT2D eigenvalue weighted by Crippen LogP contribution is 2.30. The third kappa shape index (κ3) is 5.57. The summed E-state index contributed by atoms with van der Waals surface area (Å²) < 4.78 is 68.5. The van der Waals surface area contributed by atoms with Gasteiger partial charge in [-0.15, -0.1) is 0 Å². The van der Waals surface area contributed by atoms with Gasteiger partial charge in [0.05, 0.1) is 10.5 Å². The minimum Gasteiger partial charge on any atom is -0.483 e. The van der Waals surface area contributed by atoms with Gasteiger partial charge in [0.2, 0.25) is 0 Å². The third-order valence-corrected chi connectivity index (χ3v) is 5.06. The molecule has 0 aliphatic rings. The van der Waals surface area contributed by atoms with E-state index in [0.717, 1.165) is 18.2 Å². The Balaban J connectivity index is 2.44. The standard InChI is InChI=1S/C16H12ClF3N2O6S/c1-9-6-10(17)7-12(28-8-16(18,19)20)14(9)15(23)21-29(26,27)13-5-3-2-4-11(13)22(24)25/h2-7H,8H2,1H3,(H,21,23). The SMILES string of the molecule is Cc1cc(Cl)cc(OCC(F)(F)F)c1C(=O)NS(=O)(=O)c1ccccc1[N+](=O)[O-]. The van der Waals surface area contributed by atoms with Crippen LogP contribution in [-0.2, 0) is 10.0 Å². The number of para-hydroxylation sites is 1. The molecule has 0 unspecified atom stereocenters. The molecule has 2 aromatic carbocycles. The highest BCUT2D eigenvalue weighted by atomic mass is 35.5. The average Bonchev–Trinajstić information content (AvgIpc) is 2.58. The average molecular weight is 453 g/mol. The van der Waals surface area contributed by atoms with E-state index in [-0.39, 0.29) is 10.6 Å². The molecule has 0 bridgehead atoms. The number of nitrogens with zero attached hydrogens (tertiary/aromatic N) is 1. The number of carbonyl (C=O) groups excluding carboxylic acids is 1. The van der Waals surface area contributed by atoms with Crippen molar-refractivity contribution in [2.75, 3.05) is 6.61 Å². The first kappa shape index (κ1) is 22.4. The van der Waals surface area contributed by atoms with Crippen molar-refractivity contribution < 1.29 is 36.0 Å². The quantitative estimate of drug-likeness (QED) is 0.528. The van der Waals surface area contributed by atoms with Crippen LogP contribution in [0.4, 0.5) is 18.9 Å². The molecule has 0 fully saturated rings. The topological polar surface area (TPSA) is 116 Å². The molecule has 0 spiro atoms. The van der Waals surface area contributed by atoms with Crippen molar-refractivity contribution in [1.82, 2.24) is 4.72 Å². The Hall–Kier alpha value is -2.86. The van der Waals surface area contributed by atoms with E-state index in [1.807, 2.05) is 0 Å². The largest absolute Gasteiger partial charge is 0.483 e. The fourth-order valence-corrected chi connectivity index (χ4v) is 3.73. The maximum atomic E-state index is 12.5. The summed E-state index contributed by atoms with van der Waals surface area (Å²) in [5.74, 6) is -1.93. The van der Waals surface area contributed by atoms with E-state index in [2.05, 4.69) is 4.74 Å². The summed E-state index contributed by atoms with van der Waals surface area (Å²) >= 11 is 5.78. The molecule has 0 saturated heterocycles. The van der Waals surface area contributed by atoms with Gasteiger partial charge in [0, 0.05) is 11.1 Å². The van der Waals surface area contributed by atoms with Gasteiger partial charge in [-0.1, -0.05) is 23.7 Å². The van der Waals surface area contributed by atoms with Gasteiger partial charge in [-0.2, -0.15) is 13.2 Å². The molecule has 0 aliphatic carbocycles. The van der Waals surface area contributed by atoms with Crippen LogP contribution in [0.25, 0.3) is 0 Å². The Morgan fingerprint density at radius 2 is 1.90 bits per heavy atom. The number of alkyl halides is 3. The Morgan fingerprint density at radius 3 is 2.48 bits per heavy atom. The lowest BCUT2D eigenvalue weighted by atomic mass is 10.1.